The Kier molecular flexibility index (Phi) is 6.53. The molecular weight excluding hydrogens is 500 g/mol. The number of aliphatic hydroxyl groups is 1. The molecule has 10 heteroatoms. The molecule has 0 amide bonds. The number of nitrogens with one attached hydrogen (secondary N) is 1. The summed E-state index contributed by atoms with van der Waals surface area (Å²) in [5.41, 5.74) is 0.373. The van der Waals surface area contributed by atoms with Crippen molar-refractivity contribution in [3.05, 3.63) is 72.3 Å². The molecule has 2 unspecified atom stereocenters. The lowest BCUT2D eigenvalue weighted by molar-refractivity contribution is -0.0770. The topological polar surface area (TPSA) is 98.8 Å². The van der Waals surface area contributed by atoms with Gasteiger partial charge in [0, 0.05) is 18.9 Å². The molecule has 1 fully saturated rings. The van der Waals surface area contributed by atoms with Crippen LogP contribution < -0.4 is 9.75 Å². The van der Waals surface area contributed by atoms with Crippen LogP contribution in [0.2, 0.25) is 0 Å². The van der Waals surface area contributed by atoms with Crippen LogP contribution in [0, 0.1) is 0 Å². The quantitative estimate of drug-likeness (QED) is 0.466. The van der Waals surface area contributed by atoms with Gasteiger partial charge in [0.05, 0.1) is 34.7 Å². The van der Waals surface area contributed by atoms with E-state index in [1.807, 2.05) is 40.3 Å². The molecule has 2 N–H and O–H groups in total. The molecule has 2 atom stereocenters. The molecule has 5 rings (SSSR count). The number of anilines is 1. The molecule has 3 heterocycles. The minimum Gasteiger partial charge on any atom is -0.493 e. The Morgan fingerprint density at radius 2 is 2.03 bits per heavy atom. The standard InChI is InChI=1S/C26H31ClN4O4S/c1-25(2)26(32,36(33,34)21-10-11-22-19(17-21)7-6-16-35-22)23(27)12-15-31(25)30(18-24-28-13-14-29-24)20-8-4-3-5-9-20/h3-5,8-11,13-14,17,23,32H,6-7,12,15-16,18H2,1-2H3,(H,28,29). The average Bonchev–Trinajstić information content (AvgIpc) is 3.40. The molecule has 3 aromatic rings. The average molecular weight is 531 g/mol. The summed E-state index contributed by atoms with van der Waals surface area (Å²) in [7, 11) is -4.29. The SMILES string of the molecule is CC1(C)N(N(Cc2ncc[nH]2)c2ccccc2)CCC(Cl)C1(O)S(=O)(=O)c1ccc2c(c1)CCCO2. The van der Waals surface area contributed by atoms with Crippen LogP contribution in [0.15, 0.2) is 65.8 Å². The van der Waals surface area contributed by atoms with Gasteiger partial charge in [-0.3, -0.25) is 5.01 Å². The molecule has 0 bridgehead atoms. The van der Waals surface area contributed by atoms with E-state index in [1.165, 1.54) is 6.07 Å². The fraction of sp³-hybridized carbons (Fsp3) is 0.423. The van der Waals surface area contributed by atoms with E-state index in [9.17, 15) is 13.5 Å². The van der Waals surface area contributed by atoms with E-state index in [-0.39, 0.29) is 11.3 Å². The number of aromatic amines is 1. The lowest BCUT2D eigenvalue weighted by Crippen LogP contribution is -2.74. The number of piperidine rings is 1. The number of fused-ring (bicyclic) bond motifs is 1. The lowest BCUT2D eigenvalue weighted by atomic mass is 9.87. The minimum absolute atomic E-state index is 0.0483. The second-order valence-corrected chi connectivity index (χ2v) is 12.4. The molecule has 0 aliphatic carbocycles. The number of benzene rings is 2. The largest absolute Gasteiger partial charge is 0.493 e. The molecule has 0 saturated carbocycles. The number of aryl methyl sites for hydroxylation is 1. The monoisotopic (exact) mass is 530 g/mol. The van der Waals surface area contributed by atoms with E-state index in [4.69, 9.17) is 16.3 Å². The summed E-state index contributed by atoms with van der Waals surface area (Å²) >= 11 is 6.73. The first-order valence-corrected chi connectivity index (χ1v) is 14.0. The Morgan fingerprint density at radius 1 is 1.25 bits per heavy atom. The van der Waals surface area contributed by atoms with Gasteiger partial charge in [-0.2, -0.15) is 0 Å². The van der Waals surface area contributed by atoms with Crippen molar-refractivity contribution in [2.45, 2.75) is 60.4 Å². The van der Waals surface area contributed by atoms with Gasteiger partial charge < -0.3 is 14.8 Å². The molecule has 36 heavy (non-hydrogen) atoms. The number of hydrogen-bond acceptors (Lipinski definition) is 7. The fourth-order valence-corrected chi connectivity index (χ4v) is 8.16. The lowest BCUT2D eigenvalue weighted by Gasteiger charge is -2.57. The summed E-state index contributed by atoms with van der Waals surface area (Å²) < 4.78 is 34.1. The predicted molar refractivity (Wildman–Crippen MR) is 139 cm³/mol. The van der Waals surface area contributed by atoms with Crippen LogP contribution in [0.1, 0.15) is 38.1 Å². The summed E-state index contributed by atoms with van der Waals surface area (Å²) in [6, 6.07) is 14.5. The number of sulfone groups is 1. The Morgan fingerprint density at radius 3 is 2.75 bits per heavy atom. The highest BCUT2D eigenvalue weighted by Crippen LogP contribution is 2.47. The van der Waals surface area contributed by atoms with Gasteiger partial charge in [0.2, 0.25) is 14.8 Å². The van der Waals surface area contributed by atoms with Crippen LogP contribution in [0.3, 0.4) is 0 Å². The molecule has 1 aromatic heterocycles. The third kappa shape index (κ3) is 3.98. The van der Waals surface area contributed by atoms with Crippen molar-refractivity contribution in [1.82, 2.24) is 15.0 Å². The Labute approximate surface area is 216 Å². The van der Waals surface area contributed by atoms with Gasteiger partial charge >= 0.3 is 0 Å². The number of hydrogen-bond donors (Lipinski definition) is 2. The number of H-pyrrole nitrogens is 1. The number of rotatable bonds is 6. The van der Waals surface area contributed by atoms with E-state index >= 15 is 0 Å². The highest BCUT2D eigenvalue weighted by Gasteiger charge is 2.64. The molecule has 8 nitrogen and oxygen atoms in total. The van der Waals surface area contributed by atoms with Crippen molar-refractivity contribution in [1.29, 1.82) is 0 Å². The van der Waals surface area contributed by atoms with Gasteiger partial charge in [-0.25, -0.2) is 18.4 Å². The number of imidazole rings is 1. The first-order valence-electron chi connectivity index (χ1n) is 12.1. The number of aromatic nitrogens is 2. The number of ether oxygens (including phenoxy) is 1. The molecule has 0 radical (unpaired) electrons. The number of nitrogens with zero attached hydrogens (tertiary/aromatic N) is 3. The van der Waals surface area contributed by atoms with E-state index in [0.717, 1.165) is 24.1 Å². The van der Waals surface area contributed by atoms with Crippen LogP contribution >= 0.6 is 11.6 Å². The Balaban J connectivity index is 1.58. The first kappa shape index (κ1) is 25.1. The maximum Gasteiger partial charge on any atom is 0.211 e. The molecule has 2 aromatic carbocycles. The summed E-state index contributed by atoms with van der Waals surface area (Å²) in [4.78, 5) is 5.26. The third-order valence-electron chi connectivity index (χ3n) is 7.34. The predicted octanol–water partition coefficient (Wildman–Crippen LogP) is 3.91. The van der Waals surface area contributed by atoms with Gasteiger partial charge in [-0.1, -0.05) is 18.2 Å². The summed E-state index contributed by atoms with van der Waals surface area (Å²) in [6.45, 7) is 4.89. The van der Waals surface area contributed by atoms with Gasteiger partial charge in [-0.05, 0) is 69.0 Å². The van der Waals surface area contributed by atoms with Crippen molar-refractivity contribution >= 4 is 27.1 Å². The Bertz CT molecular complexity index is 1320. The van der Waals surface area contributed by atoms with Crippen LogP contribution in [0.25, 0.3) is 0 Å². The van der Waals surface area contributed by atoms with E-state index < -0.39 is 25.7 Å². The van der Waals surface area contributed by atoms with E-state index in [0.29, 0.717) is 31.3 Å². The fourth-order valence-electron chi connectivity index (χ4n) is 5.32. The van der Waals surface area contributed by atoms with Crippen molar-refractivity contribution < 1.29 is 18.3 Å². The highest BCUT2D eigenvalue weighted by atomic mass is 35.5. The van der Waals surface area contributed by atoms with Crippen molar-refractivity contribution in [3.8, 4) is 5.75 Å². The van der Waals surface area contributed by atoms with E-state index in [1.54, 1.807) is 38.4 Å². The van der Waals surface area contributed by atoms with E-state index in [2.05, 4.69) is 9.97 Å². The summed E-state index contributed by atoms with van der Waals surface area (Å²) in [5.74, 6) is 1.40. The third-order valence-corrected chi connectivity index (χ3v) is 10.5. The molecule has 2 aliphatic rings. The molecule has 2 aliphatic heterocycles. The summed E-state index contributed by atoms with van der Waals surface area (Å²) in [6.07, 6.45) is 5.24. The molecule has 1 saturated heterocycles. The zero-order chi connectivity index (χ0) is 25.6. The van der Waals surface area contributed by atoms with Gasteiger partial charge in [0.15, 0.2) is 0 Å². The number of alkyl halides is 1. The van der Waals surface area contributed by atoms with Crippen molar-refractivity contribution in [2.24, 2.45) is 0 Å². The number of para-hydroxylation sites is 1. The van der Waals surface area contributed by atoms with Crippen LogP contribution in [0.5, 0.6) is 5.75 Å². The summed E-state index contributed by atoms with van der Waals surface area (Å²) in [5, 5.41) is 15.1. The first-order chi connectivity index (χ1) is 17.2. The second-order valence-electron chi connectivity index (χ2n) is 9.79. The van der Waals surface area contributed by atoms with Crippen LogP contribution in [-0.4, -0.2) is 57.5 Å². The Hall–Kier alpha value is -2.59. The molecule has 0 spiro atoms. The normalized spacial score (nSPS) is 24.1. The molecular formula is C26H31ClN4O4S. The zero-order valence-corrected chi connectivity index (χ0v) is 22.0. The van der Waals surface area contributed by atoms with Crippen molar-refractivity contribution in [3.63, 3.8) is 0 Å². The van der Waals surface area contributed by atoms with Crippen LogP contribution in [-0.2, 0) is 22.8 Å². The van der Waals surface area contributed by atoms with Crippen molar-refractivity contribution in [2.75, 3.05) is 18.2 Å². The number of hydrazine groups is 1. The highest BCUT2D eigenvalue weighted by molar-refractivity contribution is 7.92. The van der Waals surface area contributed by atoms with Crippen LogP contribution in [0.4, 0.5) is 5.69 Å². The molecule has 192 valence electrons. The maximum atomic E-state index is 14.2. The van der Waals surface area contributed by atoms with Gasteiger partial charge in [0.25, 0.3) is 0 Å². The van der Waals surface area contributed by atoms with Gasteiger partial charge in [0.1, 0.15) is 11.6 Å². The maximum absolute atomic E-state index is 14.2. The van der Waals surface area contributed by atoms with Gasteiger partial charge in [-0.15, -0.1) is 11.6 Å². The zero-order valence-electron chi connectivity index (χ0n) is 20.4. The second kappa shape index (κ2) is 9.37. The minimum atomic E-state index is -4.29. The smallest absolute Gasteiger partial charge is 0.211 e. The number of halogens is 1.